The van der Waals surface area contributed by atoms with E-state index in [0.29, 0.717) is 30.2 Å². The van der Waals surface area contributed by atoms with Gasteiger partial charge in [-0.2, -0.15) is 0 Å². The zero-order chi connectivity index (χ0) is 22.6. The van der Waals surface area contributed by atoms with E-state index in [-0.39, 0.29) is 11.8 Å². The summed E-state index contributed by atoms with van der Waals surface area (Å²) in [5, 5.41) is 3.05. The van der Waals surface area contributed by atoms with Gasteiger partial charge in [0.2, 0.25) is 5.91 Å². The van der Waals surface area contributed by atoms with Crippen LogP contribution in [0.25, 0.3) is 0 Å². The molecule has 1 saturated carbocycles. The van der Waals surface area contributed by atoms with Crippen LogP contribution in [0.15, 0.2) is 60.9 Å². The van der Waals surface area contributed by atoms with Crippen molar-refractivity contribution in [3.63, 3.8) is 0 Å². The predicted octanol–water partition coefficient (Wildman–Crippen LogP) is 3.84. The minimum Gasteiger partial charge on any atom is -0.497 e. The van der Waals surface area contributed by atoms with E-state index in [2.05, 4.69) is 15.3 Å². The van der Waals surface area contributed by atoms with Gasteiger partial charge < -0.3 is 15.0 Å². The lowest BCUT2D eigenvalue weighted by Crippen LogP contribution is -2.42. The number of ether oxygens (including phenoxy) is 1. The van der Waals surface area contributed by atoms with E-state index in [9.17, 15) is 9.59 Å². The molecule has 3 heterocycles. The number of fused-ring (bicyclic) bond motifs is 2. The molecule has 1 spiro atoms. The van der Waals surface area contributed by atoms with Crippen molar-refractivity contribution in [2.45, 2.75) is 36.6 Å². The van der Waals surface area contributed by atoms with Gasteiger partial charge in [-0.05, 0) is 48.6 Å². The summed E-state index contributed by atoms with van der Waals surface area (Å²) in [5.74, 6) is 1.67. The molecule has 0 bridgehead atoms. The summed E-state index contributed by atoms with van der Waals surface area (Å²) in [6, 6.07) is 14.9. The van der Waals surface area contributed by atoms with Gasteiger partial charge in [0.15, 0.2) is 0 Å². The van der Waals surface area contributed by atoms with Crippen LogP contribution >= 0.6 is 0 Å². The highest BCUT2D eigenvalue weighted by Gasteiger charge is 2.59. The van der Waals surface area contributed by atoms with Crippen LogP contribution in [0.4, 0.5) is 5.69 Å². The molecule has 6 rings (SSSR count). The number of carbonyl (C=O) groups is 2. The van der Waals surface area contributed by atoms with Crippen LogP contribution in [0, 0.1) is 0 Å². The van der Waals surface area contributed by atoms with E-state index in [1.165, 1.54) is 0 Å². The third-order valence-corrected chi connectivity index (χ3v) is 7.12. The molecule has 0 unspecified atom stereocenters. The Labute approximate surface area is 191 Å². The number of rotatable bonds is 4. The van der Waals surface area contributed by atoms with Crippen molar-refractivity contribution in [3.05, 3.63) is 83.4 Å². The van der Waals surface area contributed by atoms with Crippen molar-refractivity contribution in [3.8, 4) is 5.75 Å². The van der Waals surface area contributed by atoms with Gasteiger partial charge in [0.05, 0.1) is 18.7 Å². The molecule has 3 aromatic rings. The molecule has 1 N–H and O–H groups in total. The molecule has 2 aliphatic heterocycles. The molecule has 1 aliphatic carbocycles. The van der Waals surface area contributed by atoms with Crippen LogP contribution in [0.5, 0.6) is 5.75 Å². The maximum Gasteiger partial charge on any atom is 0.257 e. The van der Waals surface area contributed by atoms with Crippen LogP contribution in [0.3, 0.4) is 0 Å². The van der Waals surface area contributed by atoms with Gasteiger partial charge in [-0.15, -0.1) is 0 Å². The number of carbonyl (C=O) groups excluding carboxylic acids is 2. The largest absolute Gasteiger partial charge is 0.497 e. The molecule has 2 atom stereocenters. The van der Waals surface area contributed by atoms with Gasteiger partial charge in [-0.1, -0.05) is 30.3 Å². The Bertz CT molecular complexity index is 1250. The van der Waals surface area contributed by atoms with Gasteiger partial charge >= 0.3 is 0 Å². The third-order valence-electron chi connectivity index (χ3n) is 7.12. The number of anilines is 1. The van der Waals surface area contributed by atoms with Crippen LogP contribution in [0.1, 0.15) is 58.5 Å². The summed E-state index contributed by atoms with van der Waals surface area (Å²) in [6.07, 6.45) is 5.99. The number of aromatic nitrogens is 2. The number of para-hydroxylation sites is 1. The monoisotopic (exact) mass is 440 g/mol. The van der Waals surface area contributed by atoms with Crippen LogP contribution in [-0.4, -0.2) is 40.3 Å². The fourth-order valence-electron chi connectivity index (χ4n) is 5.35. The molecule has 166 valence electrons. The second-order valence-electron chi connectivity index (χ2n) is 9.00. The fourth-order valence-corrected chi connectivity index (χ4v) is 5.35. The summed E-state index contributed by atoms with van der Waals surface area (Å²) in [5.41, 5.74) is 2.17. The number of amides is 2. The van der Waals surface area contributed by atoms with Gasteiger partial charge in [-0.25, -0.2) is 9.97 Å². The molecular weight excluding hydrogens is 416 g/mol. The van der Waals surface area contributed by atoms with E-state index >= 15 is 0 Å². The van der Waals surface area contributed by atoms with Crippen molar-refractivity contribution < 1.29 is 14.3 Å². The van der Waals surface area contributed by atoms with Crippen LogP contribution < -0.4 is 10.1 Å². The maximum absolute atomic E-state index is 13.7. The van der Waals surface area contributed by atoms with Crippen molar-refractivity contribution >= 4 is 17.5 Å². The average Bonchev–Trinajstić information content (AvgIpc) is 3.57. The Balaban J connectivity index is 1.46. The number of likely N-dealkylation sites (tertiary alicyclic amines) is 1. The first-order valence-corrected chi connectivity index (χ1v) is 11.3. The van der Waals surface area contributed by atoms with E-state index in [0.717, 1.165) is 35.5 Å². The van der Waals surface area contributed by atoms with Crippen molar-refractivity contribution in [1.82, 2.24) is 14.9 Å². The lowest BCUT2D eigenvalue weighted by Gasteiger charge is -2.34. The molecule has 1 aromatic heterocycles. The minimum absolute atomic E-state index is 0.0767. The topological polar surface area (TPSA) is 84.4 Å². The Morgan fingerprint density at radius 3 is 2.67 bits per heavy atom. The lowest BCUT2D eigenvalue weighted by molar-refractivity contribution is -0.121. The number of hydrogen-bond donors (Lipinski definition) is 1. The summed E-state index contributed by atoms with van der Waals surface area (Å²) in [6.45, 7) is 0.451. The molecule has 1 saturated heterocycles. The SMILES string of the molecule is COc1cccc([C@@H]2N(C(=O)c3cnc(C4CC4)nc3)CC[C@]23C(=O)Nc2ccccc23)c1. The van der Waals surface area contributed by atoms with Gasteiger partial charge in [-0.3, -0.25) is 9.59 Å². The molecule has 0 radical (unpaired) electrons. The van der Waals surface area contributed by atoms with E-state index in [1.807, 2.05) is 48.5 Å². The minimum atomic E-state index is -0.868. The third kappa shape index (κ3) is 3.03. The van der Waals surface area contributed by atoms with Crippen LogP contribution in [0.2, 0.25) is 0 Å². The van der Waals surface area contributed by atoms with Gasteiger partial charge in [0, 0.05) is 30.5 Å². The van der Waals surface area contributed by atoms with Gasteiger partial charge in [0.25, 0.3) is 5.91 Å². The first-order valence-electron chi connectivity index (χ1n) is 11.3. The quantitative estimate of drug-likeness (QED) is 0.666. The Morgan fingerprint density at radius 1 is 1.12 bits per heavy atom. The van der Waals surface area contributed by atoms with Gasteiger partial charge in [0.1, 0.15) is 17.0 Å². The molecule has 7 nitrogen and oxygen atoms in total. The number of methoxy groups -OCH3 is 1. The molecular formula is C26H24N4O3. The van der Waals surface area contributed by atoms with E-state index < -0.39 is 11.5 Å². The molecule has 2 amide bonds. The highest BCUT2D eigenvalue weighted by Crippen LogP contribution is 2.55. The number of nitrogens with one attached hydrogen (secondary N) is 1. The molecule has 2 aromatic carbocycles. The molecule has 2 fully saturated rings. The maximum atomic E-state index is 13.7. The second kappa shape index (κ2) is 7.40. The molecule has 3 aliphatic rings. The normalized spacial score (nSPS) is 23.5. The lowest BCUT2D eigenvalue weighted by atomic mass is 9.72. The highest BCUT2D eigenvalue weighted by atomic mass is 16.5. The summed E-state index contributed by atoms with van der Waals surface area (Å²) in [4.78, 5) is 37.9. The first-order chi connectivity index (χ1) is 16.1. The number of nitrogens with zero attached hydrogens (tertiary/aromatic N) is 3. The molecule has 7 heteroatoms. The summed E-state index contributed by atoms with van der Waals surface area (Å²) < 4.78 is 5.46. The Kier molecular flexibility index (Phi) is 4.47. The first kappa shape index (κ1) is 19.9. The van der Waals surface area contributed by atoms with E-state index in [1.54, 1.807) is 24.4 Å². The van der Waals surface area contributed by atoms with E-state index in [4.69, 9.17) is 4.74 Å². The number of hydrogen-bond acceptors (Lipinski definition) is 5. The zero-order valence-corrected chi connectivity index (χ0v) is 18.3. The Morgan fingerprint density at radius 2 is 1.91 bits per heavy atom. The highest BCUT2D eigenvalue weighted by molar-refractivity contribution is 6.08. The summed E-state index contributed by atoms with van der Waals surface area (Å²) in [7, 11) is 1.61. The fraction of sp³-hybridized carbons (Fsp3) is 0.308. The average molecular weight is 441 g/mol. The molecule has 33 heavy (non-hydrogen) atoms. The predicted molar refractivity (Wildman–Crippen MR) is 122 cm³/mol. The Hall–Kier alpha value is -3.74. The zero-order valence-electron chi connectivity index (χ0n) is 18.3. The number of benzene rings is 2. The second-order valence-corrected chi connectivity index (χ2v) is 9.00. The van der Waals surface area contributed by atoms with Crippen molar-refractivity contribution in [1.29, 1.82) is 0 Å². The van der Waals surface area contributed by atoms with Crippen LogP contribution in [-0.2, 0) is 10.2 Å². The standard InChI is InChI=1S/C26H24N4O3/c1-33-19-6-4-5-17(13-19)22-26(20-7-2-3-8-21(20)29-25(26)32)11-12-30(22)24(31)18-14-27-23(28-15-18)16-9-10-16/h2-8,13-16,22H,9-12H2,1H3,(H,29,32)/t22-,26+/m0/s1. The smallest absolute Gasteiger partial charge is 0.257 e. The van der Waals surface area contributed by atoms with Crippen molar-refractivity contribution in [2.75, 3.05) is 19.0 Å². The summed E-state index contributed by atoms with van der Waals surface area (Å²) >= 11 is 0. The van der Waals surface area contributed by atoms with Crippen molar-refractivity contribution in [2.24, 2.45) is 0 Å².